The molecule has 12 nitrogen and oxygen atoms in total. The number of hydrogen-bond acceptors (Lipinski definition) is 10. The topological polar surface area (TPSA) is 161 Å². The lowest BCUT2D eigenvalue weighted by molar-refractivity contribution is -0.135. The molecule has 4 aromatic rings. The van der Waals surface area contributed by atoms with Crippen LogP contribution >= 0.6 is 0 Å². The van der Waals surface area contributed by atoms with Crippen LogP contribution in [0.25, 0.3) is 11.6 Å². The van der Waals surface area contributed by atoms with Crippen LogP contribution in [0, 0.1) is 11.8 Å². The van der Waals surface area contributed by atoms with E-state index in [0.717, 1.165) is 22.4 Å². The van der Waals surface area contributed by atoms with Crippen LogP contribution in [0.2, 0.25) is 0 Å². The number of rotatable bonds is 7. The zero-order valence-corrected chi connectivity index (χ0v) is 26.3. The second-order valence-electron chi connectivity index (χ2n) is 12.8. The van der Waals surface area contributed by atoms with E-state index in [9.17, 15) is 14.7 Å². The predicted molar refractivity (Wildman–Crippen MR) is 166 cm³/mol. The van der Waals surface area contributed by atoms with E-state index in [1.807, 2.05) is 56.3 Å². The Morgan fingerprint density at radius 3 is 2.70 bits per heavy atom. The molecule has 240 valence electrons. The molecule has 2 aromatic heterocycles. The van der Waals surface area contributed by atoms with Crippen LogP contribution in [0.4, 0.5) is 5.69 Å². The highest BCUT2D eigenvalue weighted by Gasteiger charge is 2.61. The zero-order valence-electron chi connectivity index (χ0n) is 26.3. The maximum Gasteiger partial charge on any atom is 0.249 e. The largest absolute Gasteiger partial charge is 0.469 e. The van der Waals surface area contributed by atoms with Gasteiger partial charge in [-0.05, 0) is 35.1 Å². The molecule has 3 unspecified atom stereocenters. The molecule has 7 rings (SSSR count). The predicted octanol–water partition coefficient (Wildman–Crippen LogP) is 3.83. The molecule has 0 fully saturated rings. The number of amides is 2. The lowest BCUT2D eigenvalue weighted by Gasteiger charge is -2.29. The van der Waals surface area contributed by atoms with Crippen molar-refractivity contribution in [2.75, 3.05) is 12.4 Å². The summed E-state index contributed by atoms with van der Waals surface area (Å²) in [7, 11) is 1.58. The number of hydrogen-bond donors (Lipinski definition) is 4. The van der Waals surface area contributed by atoms with E-state index in [0.29, 0.717) is 22.9 Å². The van der Waals surface area contributed by atoms with Crippen molar-refractivity contribution in [3.8, 4) is 17.3 Å². The van der Waals surface area contributed by atoms with Gasteiger partial charge < -0.3 is 39.4 Å². The second kappa shape index (κ2) is 11.3. The monoisotopic (exact) mass is 627 g/mol. The fourth-order valence-corrected chi connectivity index (χ4v) is 6.64. The van der Waals surface area contributed by atoms with Gasteiger partial charge in [-0.2, -0.15) is 0 Å². The van der Waals surface area contributed by atoms with Crippen molar-refractivity contribution in [1.82, 2.24) is 20.6 Å². The molecule has 46 heavy (non-hydrogen) atoms. The Balaban J connectivity index is 1.47. The summed E-state index contributed by atoms with van der Waals surface area (Å²) in [6.45, 7) is 7.64. The lowest BCUT2D eigenvalue weighted by Crippen LogP contribution is -2.52. The van der Waals surface area contributed by atoms with Gasteiger partial charge in [0.25, 0.3) is 0 Å². The van der Waals surface area contributed by atoms with Gasteiger partial charge in [0, 0.05) is 24.8 Å². The van der Waals surface area contributed by atoms with E-state index >= 15 is 0 Å². The smallest absolute Gasteiger partial charge is 0.249 e. The first kappa shape index (κ1) is 30.0. The van der Waals surface area contributed by atoms with Gasteiger partial charge in [0.15, 0.2) is 17.7 Å². The molecular weight excluding hydrogens is 590 g/mol. The van der Waals surface area contributed by atoms with Gasteiger partial charge in [-0.3, -0.25) is 9.59 Å². The third-order valence-corrected chi connectivity index (χ3v) is 9.00. The number of fused-ring (bicyclic) bond motifs is 4. The zero-order chi connectivity index (χ0) is 32.3. The molecule has 0 aliphatic carbocycles. The fraction of sp³-hybridized carbons (Fsp3) is 0.412. The number of benzene rings is 2. The Bertz CT molecular complexity index is 1810. The Labute approximate surface area is 265 Å². The van der Waals surface area contributed by atoms with E-state index in [1.165, 1.54) is 6.26 Å². The number of ether oxygens (including phenoxy) is 2. The highest BCUT2D eigenvalue weighted by Crippen LogP contribution is 2.59. The van der Waals surface area contributed by atoms with Crippen LogP contribution in [-0.4, -0.2) is 52.4 Å². The number of oxazole rings is 2. The minimum absolute atomic E-state index is 0.159. The van der Waals surface area contributed by atoms with Gasteiger partial charge in [0.2, 0.25) is 23.6 Å². The lowest BCUT2D eigenvalue weighted by atomic mass is 9.72. The number of para-hydroxylation sites is 1. The summed E-state index contributed by atoms with van der Waals surface area (Å²) >= 11 is 0. The summed E-state index contributed by atoms with van der Waals surface area (Å²) in [6.07, 6.45) is -0.154. The third kappa shape index (κ3) is 4.66. The Morgan fingerprint density at radius 1 is 1.13 bits per heavy atom. The van der Waals surface area contributed by atoms with Crippen molar-refractivity contribution < 1.29 is 33.0 Å². The highest BCUT2D eigenvalue weighted by atomic mass is 16.5. The number of methoxy groups -OCH3 is 1. The number of carbonyl (C=O) groups excluding carboxylic acids is 2. The average molecular weight is 628 g/mol. The standard InChI is InChI=1S/C34H37N5O7/c1-16(2)25-32-39-26(31-35-19(14-43-5)15-44-31)28(46-32)34-20-8-6-7-9-22(20)37-33(34)45-24-11-10-18(12-21(24)34)13-23(29(41)38-25)36-30(42)27(40)17(3)4/h6-12,15-17,23,25,27,33,37,40H,13-14H2,1-5H3,(H,36,42)(H,38,41)/t23?,25-,27-,33?,34?/m0/s1. The van der Waals surface area contributed by atoms with Crippen LogP contribution < -0.4 is 20.7 Å². The molecule has 5 heterocycles. The van der Waals surface area contributed by atoms with Crippen molar-refractivity contribution in [3.05, 3.63) is 82.8 Å². The number of carbonyl (C=O) groups is 2. The van der Waals surface area contributed by atoms with Crippen LogP contribution in [0.15, 0.2) is 57.6 Å². The Morgan fingerprint density at radius 2 is 1.93 bits per heavy atom. The first-order valence-electron chi connectivity index (χ1n) is 15.5. The van der Waals surface area contributed by atoms with Gasteiger partial charge in [0.05, 0.1) is 6.61 Å². The maximum atomic E-state index is 13.9. The average Bonchev–Trinajstić information content (AvgIpc) is 3.79. The summed E-state index contributed by atoms with van der Waals surface area (Å²) < 4.78 is 24.6. The maximum absolute atomic E-state index is 13.9. The van der Waals surface area contributed by atoms with Crippen LogP contribution in [0.1, 0.15) is 67.8 Å². The number of nitrogens with one attached hydrogen (secondary N) is 3. The molecule has 2 amide bonds. The van der Waals surface area contributed by atoms with Gasteiger partial charge in [0.1, 0.15) is 41.3 Å². The third-order valence-electron chi connectivity index (χ3n) is 9.00. The van der Waals surface area contributed by atoms with Crippen molar-refractivity contribution in [3.63, 3.8) is 0 Å². The molecule has 1 spiro atoms. The molecule has 3 aliphatic heterocycles. The van der Waals surface area contributed by atoms with E-state index < -0.39 is 41.6 Å². The summed E-state index contributed by atoms with van der Waals surface area (Å²) in [6, 6.07) is 12.0. The Hall–Kier alpha value is -4.68. The molecule has 0 saturated heterocycles. The molecule has 4 N–H and O–H groups in total. The number of aromatic nitrogens is 2. The summed E-state index contributed by atoms with van der Waals surface area (Å²) in [5.74, 6) is 0.0843. The van der Waals surface area contributed by atoms with Crippen molar-refractivity contribution >= 4 is 17.5 Å². The molecule has 12 heteroatoms. The van der Waals surface area contributed by atoms with Crippen LogP contribution in [-0.2, 0) is 32.8 Å². The van der Waals surface area contributed by atoms with Crippen LogP contribution in [0.5, 0.6) is 5.75 Å². The molecular formula is C34H37N5O7. The van der Waals surface area contributed by atoms with Crippen molar-refractivity contribution in [1.29, 1.82) is 0 Å². The number of anilines is 1. The fourth-order valence-electron chi connectivity index (χ4n) is 6.64. The highest BCUT2D eigenvalue weighted by molar-refractivity contribution is 5.90. The summed E-state index contributed by atoms with van der Waals surface area (Å²) in [5.41, 5.74) is 3.37. The number of aliphatic hydroxyl groups is 1. The van der Waals surface area contributed by atoms with E-state index in [2.05, 4.69) is 20.9 Å². The van der Waals surface area contributed by atoms with E-state index in [1.54, 1.807) is 21.0 Å². The van der Waals surface area contributed by atoms with Crippen molar-refractivity contribution in [2.24, 2.45) is 11.8 Å². The molecule has 0 saturated carbocycles. The SMILES string of the molecule is COCc1coc(-c2nc3oc2C24c5ccccc5NC2Oc2ccc(cc24)CC(NC(=O)[C@@H](O)C(C)C)C(=O)N[C@H]3C(C)C)n1. The second-order valence-corrected chi connectivity index (χ2v) is 12.8. The number of aliphatic hydroxyl groups excluding tert-OH is 1. The first-order chi connectivity index (χ1) is 22.1. The quantitative estimate of drug-likeness (QED) is 0.237. The van der Waals surface area contributed by atoms with Gasteiger partial charge in [-0.15, -0.1) is 0 Å². The minimum Gasteiger partial charge on any atom is -0.469 e. The molecule has 2 aromatic carbocycles. The molecule has 0 radical (unpaired) electrons. The molecule has 5 atom stereocenters. The van der Waals surface area contributed by atoms with E-state index in [4.69, 9.17) is 23.3 Å². The molecule has 3 aliphatic rings. The first-order valence-corrected chi connectivity index (χ1v) is 15.5. The minimum atomic E-state index is -1.27. The van der Waals surface area contributed by atoms with Crippen LogP contribution in [0.3, 0.4) is 0 Å². The summed E-state index contributed by atoms with van der Waals surface area (Å²) in [5, 5.41) is 19.9. The van der Waals surface area contributed by atoms with Crippen molar-refractivity contribution in [2.45, 2.75) is 70.6 Å². The van der Waals surface area contributed by atoms with Gasteiger partial charge in [-0.1, -0.05) is 58.0 Å². The molecule has 4 bridgehead atoms. The normalized spacial score (nSPS) is 23.5. The van der Waals surface area contributed by atoms with Gasteiger partial charge in [-0.25, -0.2) is 9.97 Å². The summed E-state index contributed by atoms with van der Waals surface area (Å²) in [4.78, 5) is 36.6. The van der Waals surface area contributed by atoms with Gasteiger partial charge >= 0.3 is 0 Å². The number of nitrogens with zero attached hydrogens (tertiary/aromatic N) is 2. The Kier molecular flexibility index (Phi) is 7.36. The van der Waals surface area contributed by atoms with E-state index in [-0.39, 0.29) is 36.6 Å².